The van der Waals surface area contributed by atoms with Gasteiger partial charge in [0.05, 0.1) is 29.9 Å². The second-order valence-corrected chi connectivity index (χ2v) is 12.3. The quantitative estimate of drug-likeness (QED) is 0.129. The first-order chi connectivity index (χ1) is 22.9. The standard InChI is InChI=1S/C38H34N2O6S/c41-23-25-9-11-27(12-10-25)35-20-33(24-47-34-15-13-28(14-16-34)37(43)44)45-38(46-35)31-7-2-6-30(19-31)29-5-1-4-26(18-29)21-40-36(42)32-8-3-17-39-22-32/h1-19,22,33,35,38,41H,20-21,23-24H2,(H,40,42)(H,43,44)/t33-,35+,38+/m0/s1. The third-order valence-corrected chi connectivity index (χ3v) is 9.09. The lowest BCUT2D eigenvalue weighted by atomic mass is 9.99. The molecule has 0 saturated carbocycles. The fourth-order valence-corrected chi connectivity index (χ4v) is 6.33. The average Bonchev–Trinajstić information content (AvgIpc) is 3.13. The predicted molar refractivity (Wildman–Crippen MR) is 180 cm³/mol. The van der Waals surface area contributed by atoms with Gasteiger partial charge < -0.3 is 25.0 Å². The molecule has 3 N–H and O–H groups in total. The summed E-state index contributed by atoms with van der Waals surface area (Å²) in [5.74, 6) is -0.472. The third-order valence-electron chi connectivity index (χ3n) is 7.95. The van der Waals surface area contributed by atoms with Crippen molar-refractivity contribution in [2.75, 3.05) is 5.75 Å². The zero-order chi connectivity index (χ0) is 32.6. The number of rotatable bonds is 11. The monoisotopic (exact) mass is 646 g/mol. The Morgan fingerprint density at radius 3 is 2.30 bits per heavy atom. The lowest BCUT2D eigenvalue weighted by Gasteiger charge is -2.36. The molecule has 238 valence electrons. The van der Waals surface area contributed by atoms with Gasteiger partial charge in [-0.2, -0.15) is 0 Å². The van der Waals surface area contributed by atoms with Crippen molar-refractivity contribution < 1.29 is 29.3 Å². The number of pyridine rings is 1. The van der Waals surface area contributed by atoms with Gasteiger partial charge in [-0.15, -0.1) is 11.8 Å². The Bertz CT molecular complexity index is 1820. The van der Waals surface area contributed by atoms with Crippen molar-refractivity contribution in [1.29, 1.82) is 0 Å². The number of thioether (sulfide) groups is 1. The molecule has 1 aliphatic rings. The molecular weight excluding hydrogens is 612 g/mol. The maximum absolute atomic E-state index is 12.5. The van der Waals surface area contributed by atoms with Crippen LogP contribution < -0.4 is 5.32 Å². The number of amides is 1. The molecule has 4 aromatic carbocycles. The summed E-state index contributed by atoms with van der Waals surface area (Å²) in [5, 5.41) is 21.7. The Morgan fingerprint density at radius 1 is 0.809 bits per heavy atom. The summed E-state index contributed by atoms with van der Waals surface area (Å²) >= 11 is 1.61. The van der Waals surface area contributed by atoms with Gasteiger partial charge in [0.25, 0.3) is 5.91 Å². The van der Waals surface area contributed by atoms with Crippen LogP contribution in [0.15, 0.2) is 126 Å². The summed E-state index contributed by atoms with van der Waals surface area (Å²) in [7, 11) is 0. The van der Waals surface area contributed by atoms with Crippen molar-refractivity contribution in [3.63, 3.8) is 0 Å². The minimum absolute atomic E-state index is 0.0255. The first kappa shape index (κ1) is 32.2. The Balaban J connectivity index is 1.19. The Hall–Kier alpha value is -4.80. The first-order valence-electron chi connectivity index (χ1n) is 15.3. The molecule has 1 saturated heterocycles. The lowest BCUT2D eigenvalue weighted by Crippen LogP contribution is -2.31. The number of benzene rings is 4. The van der Waals surface area contributed by atoms with Gasteiger partial charge in [0.15, 0.2) is 6.29 Å². The topological polar surface area (TPSA) is 118 Å². The number of nitrogens with one attached hydrogen (secondary N) is 1. The number of hydrogen-bond donors (Lipinski definition) is 3. The normalized spacial score (nSPS) is 17.6. The van der Waals surface area contributed by atoms with Gasteiger partial charge >= 0.3 is 5.97 Å². The summed E-state index contributed by atoms with van der Waals surface area (Å²) in [6.07, 6.45) is 2.84. The maximum Gasteiger partial charge on any atom is 0.335 e. The Kier molecular flexibility index (Phi) is 10.4. The molecule has 8 nitrogen and oxygen atoms in total. The lowest BCUT2D eigenvalue weighted by molar-refractivity contribution is -0.245. The highest BCUT2D eigenvalue weighted by molar-refractivity contribution is 7.99. The molecule has 0 radical (unpaired) electrons. The van der Waals surface area contributed by atoms with Gasteiger partial charge in [-0.05, 0) is 76.3 Å². The summed E-state index contributed by atoms with van der Waals surface area (Å²) in [5.41, 5.74) is 6.46. The van der Waals surface area contributed by atoms with E-state index in [0.717, 1.165) is 38.3 Å². The van der Waals surface area contributed by atoms with Gasteiger partial charge in [0, 0.05) is 41.6 Å². The van der Waals surface area contributed by atoms with E-state index in [0.29, 0.717) is 24.3 Å². The van der Waals surface area contributed by atoms with E-state index in [1.165, 1.54) is 0 Å². The van der Waals surface area contributed by atoms with E-state index < -0.39 is 12.3 Å². The van der Waals surface area contributed by atoms with E-state index >= 15 is 0 Å². The number of ether oxygens (including phenoxy) is 2. The van der Waals surface area contributed by atoms with E-state index in [4.69, 9.17) is 9.47 Å². The molecular formula is C38H34N2O6S. The van der Waals surface area contributed by atoms with Crippen LogP contribution in [0.2, 0.25) is 0 Å². The van der Waals surface area contributed by atoms with E-state index in [1.54, 1.807) is 48.4 Å². The molecule has 47 heavy (non-hydrogen) atoms. The first-order valence-corrected chi connectivity index (χ1v) is 16.3. The second-order valence-electron chi connectivity index (χ2n) is 11.2. The molecule has 0 spiro atoms. The van der Waals surface area contributed by atoms with Crippen LogP contribution in [-0.2, 0) is 22.6 Å². The number of aromatic nitrogens is 1. The second kappa shape index (κ2) is 15.2. The molecule has 1 amide bonds. The van der Waals surface area contributed by atoms with Crippen molar-refractivity contribution >= 4 is 23.6 Å². The third kappa shape index (κ3) is 8.33. The summed E-state index contributed by atoms with van der Waals surface area (Å²) in [6.45, 7) is 0.355. The number of carboxylic acid groups (broad SMARTS) is 1. The van der Waals surface area contributed by atoms with Crippen molar-refractivity contribution in [2.45, 2.75) is 43.0 Å². The summed E-state index contributed by atoms with van der Waals surface area (Å²) < 4.78 is 13.1. The fourth-order valence-electron chi connectivity index (χ4n) is 5.41. The van der Waals surface area contributed by atoms with Crippen molar-refractivity contribution in [2.24, 2.45) is 0 Å². The van der Waals surface area contributed by atoms with Crippen molar-refractivity contribution in [1.82, 2.24) is 10.3 Å². The van der Waals surface area contributed by atoms with E-state index in [-0.39, 0.29) is 30.3 Å². The van der Waals surface area contributed by atoms with Crippen LogP contribution in [-0.4, -0.2) is 38.9 Å². The predicted octanol–water partition coefficient (Wildman–Crippen LogP) is 7.21. The summed E-state index contributed by atoms with van der Waals surface area (Å²) in [6, 6.07) is 34.3. The van der Waals surface area contributed by atoms with Crippen molar-refractivity contribution in [3.05, 3.63) is 155 Å². The number of hydrogen-bond acceptors (Lipinski definition) is 7. The van der Waals surface area contributed by atoms with Crippen LogP contribution in [0.4, 0.5) is 0 Å². The van der Waals surface area contributed by atoms with Crippen LogP contribution >= 0.6 is 11.8 Å². The number of carboxylic acids is 1. The largest absolute Gasteiger partial charge is 0.478 e. The molecule has 5 aromatic rings. The van der Waals surface area contributed by atoms with Crippen LogP contribution in [0, 0.1) is 0 Å². The van der Waals surface area contributed by atoms with Gasteiger partial charge in [-0.1, -0.05) is 60.7 Å². The molecule has 1 fully saturated rings. The summed E-state index contributed by atoms with van der Waals surface area (Å²) in [4.78, 5) is 28.8. The fraction of sp³-hybridized carbons (Fsp3) is 0.184. The van der Waals surface area contributed by atoms with Gasteiger partial charge in [0.2, 0.25) is 0 Å². The molecule has 0 bridgehead atoms. The zero-order valence-electron chi connectivity index (χ0n) is 25.5. The van der Waals surface area contributed by atoms with Gasteiger partial charge in [-0.3, -0.25) is 9.78 Å². The highest BCUT2D eigenvalue weighted by Crippen LogP contribution is 2.40. The van der Waals surface area contributed by atoms with E-state index in [2.05, 4.69) is 22.4 Å². The van der Waals surface area contributed by atoms with Crippen LogP contribution in [0.1, 0.15) is 61.8 Å². The Labute approximate surface area is 277 Å². The molecule has 3 atom stereocenters. The number of carbonyl (C=O) groups excluding carboxylic acids is 1. The van der Waals surface area contributed by atoms with Crippen LogP contribution in [0.3, 0.4) is 0 Å². The van der Waals surface area contributed by atoms with E-state index in [1.807, 2.05) is 72.8 Å². The number of carbonyl (C=O) groups is 2. The average molecular weight is 647 g/mol. The molecule has 0 unspecified atom stereocenters. The molecule has 2 heterocycles. The highest BCUT2D eigenvalue weighted by Gasteiger charge is 2.32. The van der Waals surface area contributed by atoms with Gasteiger partial charge in [0.1, 0.15) is 0 Å². The molecule has 0 aliphatic carbocycles. The Morgan fingerprint density at radius 2 is 1.57 bits per heavy atom. The molecule has 9 heteroatoms. The van der Waals surface area contributed by atoms with Crippen LogP contribution in [0.25, 0.3) is 11.1 Å². The molecule has 1 aromatic heterocycles. The van der Waals surface area contributed by atoms with E-state index in [9.17, 15) is 19.8 Å². The number of aromatic carboxylic acids is 1. The zero-order valence-corrected chi connectivity index (χ0v) is 26.3. The number of aliphatic hydroxyl groups is 1. The number of nitrogens with zero attached hydrogens (tertiary/aromatic N) is 1. The number of aliphatic hydroxyl groups excluding tert-OH is 1. The SMILES string of the molecule is O=C(O)c1ccc(SC[C@@H]2C[C@H](c3ccc(CO)cc3)O[C@H](c3cccc(-c4cccc(CNC(=O)c5cccnc5)c4)c3)O2)cc1. The minimum Gasteiger partial charge on any atom is -0.478 e. The van der Waals surface area contributed by atoms with Gasteiger partial charge in [-0.25, -0.2) is 4.79 Å². The maximum atomic E-state index is 12.5. The minimum atomic E-state index is -0.950. The molecule has 1 aliphatic heterocycles. The highest BCUT2D eigenvalue weighted by atomic mass is 32.2. The molecule has 6 rings (SSSR count). The smallest absolute Gasteiger partial charge is 0.335 e. The van der Waals surface area contributed by atoms with Crippen molar-refractivity contribution in [3.8, 4) is 11.1 Å². The van der Waals surface area contributed by atoms with Crippen LogP contribution in [0.5, 0.6) is 0 Å².